The van der Waals surface area contributed by atoms with Gasteiger partial charge in [0.15, 0.2) is 6.10 Å². The summed E-state index contributed by atoms with van der Waals surface area (Å²) in [5.74, 6) is 0.0192. The number of carbonyl (C=O) groups excluding carboxylic acids is 1. The van der Waals surface area contributed by atoms with Crippen molar-refractivity contribution in [1.29, 1.82) is 0 Å². The lowest BCUT2D eigenvalue weighted by Gasteiger charge is -2.18. The molecule has 2 atom stereocenters. The zero-order chi connectivity index (χ0) is 14.4. The molecule has 1 rings (SSSR count). The van der Waals surface area contributed by atoms with Crippen LogP contribution in [0.3, 0.4) is 0 Å². The molecule has 6 nitrogen and oxygen atoms in total. The fourth-order valence-electron chi connectivity index (χ4n) is 1.54. The van der Waals surface area contributed by atoms with Crippen LogP contribution >= 0.6 is 0 Å². The molecule has 1 aromatic rings. The monoisotopic (exact) mass is 270 g/mol. The molecule has 2 unspecified atom stereocenters. The van der Waals surface area contributed by atoms with Gasteiger partial charge in [0.05, 0.1) is 20.8 Å². The maximum absolute atomic E-state index is 11.4. The standard InChI is InChI=1S/C13H18O6/c1-4-19-13(16)12(15)11(14)8-5-9(17-2)7-10(6-8)18-3/h5-7,11-12,14-15H,4H2,1-3H3. The number of hydrogen-bond donors (Lipinski definition) is 2. The molecule has 0 aliphatic heterocycles. The number of benzene rings is 1. The molecule has 0 spiro atoms. The van der Waals surface area contributed by atoms with Crippen LogP contribution in [0.2, 0.25) is 0 Å². The second-order valence-corrected chi connectivity index (χ2v) is 3.79. The average molecular weight is 270 g/mol. The van der Waals surface area contributed by atoms with Gasteiger partial charge in [-0.1, -0.05) is 0 Å². The van der Waals surface area contributed by atoms with Gasteiger partial charge in [-0.25, -0.2) is 4.79 Å². The van der Waals surface area contributed by atoms with Crippen LogP contribution in [0.1, 0.15) is 18.6 Å². The highest BCUT2D eigenvalue weighted by Crippen LogP contribution is 2.28. The zero-order valence-corrected chi connectivity index (χ0v) is 11.1. The Morgan fingerprint density at radius 1 is 1.16 bits per heavy atom. The topological polar surface area (TPSA) is 85.2 Å². The highest BCUT2D eigenvalue weighted by molar-refractivity contribution is 5.75. The molecule has 19 heavy (non-hydrogen) atoms. The summed E-state index contributed by atoms with van der Waals surface area (Å²) in [6, 6.07) is 4.64. The average Bonchev–Trinajstić information content (AvgIpc) is 2.45. The Balaban J connectivity index is 2.97. The zero-order valence-electron chi connectivity index (χ0n) is 11.1. The van der Waals surface area contributed by atoms with Crippen molar-refractivity contribution < 1.29 is 29.2 Å². The molecule has 0 aliphatic carbocycles. The van der Waals surface area contributed by atoms with E-state index < -0.39 is 18.2 Å². The number of methoxy groups -OCH3 is 2. The maximum atomic E-state index is 11.4. The third kappa shape index (κ3) is 3.84. The number of aliphatic hydroxyl groups is 2. The summed E-state index contributed by atoms with van der Waals surface area (Å²) in [5, 5.41) is 19.7. The largest absolute Gasteiger partial charge is 0.497 e. The van der Waals surface area contributed by atoms with Gasteiger partial charge in [-0.2, -0.15) is 0 Å². The predicted octanol–water partition coefficient (Wildman–Crippen LogP) is 0.661. The van der Waals surface area contributed by atoms with Crippen LogP contribution in [0.15, 0.2) is 18.2 Å². The lowest BCUT2D eigenvalue weighted by Crippen LogP contribution is -2.29. The fourth-order valence-corrected chi connectivity index (χ4v) is 1.54. The van der Waals surface area contributed by atoms with Crippen LogP contribution in [0.5, 0.6) is 11.5 Å². The molecule has 2 N–H and O–H groups in total. The van der Waals surface area contributed by atoms with Crippen molar-refractivity contribution in [3.05, 3.63) is 23.8 Å². The smallest absolute Gasteiger partial charge is 0.338 e. The van der Waals surface area contributed by atoms with Crippen molar-refractivity contribution in [2.24, 2.45) is 0 Å². The van der Waals surface area contributed by atoms with Crippen molar-refractivity contribution in [3.8, 4) is 11.5 Å². The summed E-state index contributed by atoms with van der Waals surface area (Å²) in [7, 11) is 2.93. The number of ether oxygens (including phenoxy) is 3. The van der Waals surface area contributed by atoms with Crippen molar-refractivity contribution in [3.63, 3.8) is 0 Å². The molecule has 1 aromatic carbocycles. The van der Waals surface area contributed by atoms with Crippen molar-refractivity contribution in [2.45, 2.75) is 19.1 Å². The van der Waals surface area contributed by atoms with Crippen LogP contribution < -0.4 is 9.47 Å². The molecule has 0 aromatic heterocycles. The normalized spacial score (nSPS) is 13.5. The second kappa shape index (κ2) is 6.96. The van der Waals surface area contributed by atoms with Crippen LogP contribution in [0.25, 0.3) is 0 Å². The van der Waals surface area contributed by atoms with E-state index in [2.05, 4.69) is 4.74 Å². The van der Waals surface area contributed by atoms with E-state index in [0.29, 0.717) is 17.1 Å². The number of esters is 1. The minimum Gasteiger partial charge on any atom is -0.497 e. The quantitative estimate of drug-likeness (QED) is 0.739. The number of aliphatic hydroxyl groups excluding tert-OH is 2. The lowest BCUT2D eigenvalue weighted by atomic mass is 10.0. The SMILES string of the molecule is CCOC(=O)C(O)C(O)c1cc(OC)cc(OC)c1. The molecule has 0 heterocycles. The highest BCUT2D eigenvalue weighted by atomic mass is 16.5. The molecule has 0 aliphatic rings. The van der Waals surface area contributed by atoms with Gasteiger partial charge in [0.2, 0.25) is 0 Å². The molecular formula is C13H18O6. The van der Waals surface area contributed by atoms with Gasteiger partial charge < -0.3 is 24.4 Å². The van der Waals surface area contributed by atoms with Crippen LogP contribution in [0.4, 0.5) is 0 Å². The van der Waals surface area contributed by atoms with Gasteiger partial charge in [-0.3, -0.25) is 0 Å². The van der Waals surface area contributed by atoms with Crippen molar-refractivity contribution in [1.82, 2.24) is 0 Å². The highest BCUT2D eigenvalue weighted by Gasteiger charge is 2.27. The Morgan fingerprint density at radius 3 is 2.11 bits per heavy atom. The first kappa shape index (κ1) is 15.3. The molecule has 106 valence electrons. The van der Waals surface area contributed by atoms with Crippen LogP contribution in [-0.2, 0) is 9.53 Å². The van der Waals surface area contributed by atoms with E-state index in [0.717, 1.165) is 0 Å². The summed E-state index contributed by atoms with van der Waals surface area (Å²) >= 11 is 0. The van der Waals surface area contributed by atoms with E-state index in [-0.39, 0.29) is 6.61 Å². The Bertz CT molecular complexity index is 409. The lowest BCUT2D eigenvalue weighted by molar-refractivity contribution is -0.159. The summed E-state index contributed by atoms with van der Waals surface area (Å²) in [6.07, 6.45) is -3.07. The number of carbonyl (C=O) groups is 1. The molecular weight excluding hydrogens is 252 g/mol. The third-order valence-corrected chi connectivity index (χ3v) is 2.54. The molecule has 0 saturated carbocycles. The second-order valence-electron chi connectivity index (χ2n) is 3.79. The minimum absolute atomic E-state index is 0.129. The summed E-state index contributed by atoms with van der Waals surface area (Å²) < 4.78 is 14.7. The van der Waals surface area contributed by atoms with Gasteiger partial charge in [0, 0.05) is 6.07 Å². The van der Waals surface area contributed by atoms with E-state index in [1.165, 1.54) is 26.4 Å². The Kier molecular flexibility index (Phi) is 5.59. The molecule has 0 bridgehead atoms. The Labute approximate surface area is 111 Å². The predicted molar refractivity (Wildman–Crippen MR) is 67.1 cm³/mol. The van der Waals surface area contributed by atoms with Gasteiger partial charge in [0.1, 0.15) is 17.6 Å². The van der Waals surface area contributed by atoms with E-state index in [9.17, 15) is 15.0 Å². The molecule has 0 amide bonds. The third-order valence-electron chi connectivity index (χ3n) is 2.54. The van der Waals surface area contributed by atoms with Crippen molar-refractivity contribution in [2.75, 3.05) is 20.8 Å². The van der Waals surface area contributed by atoms with E-state index in [4.69, 9.17) is 9.47 Å². The first-order chi connectivity index (χ1) is 9.03. The molecule has 6 heteroatoms. The van der Waals surface area contributed by atoms with Crippen LogP contribution in [0, 0.1) is 0 Å². The minimum atomic E-state index is -1.66. The molecule has 0 radical (unpaired) electrons. The van der Waals surface area contributed by atoms with E-state index >= 15 is 0 Å². The first-order valence-corrected chi connectivity index (χ1v) is 5.79. The summed E-state index contributed by atoms with van der Waals surface area (Å²) in [5.41, 5.74) is 0.303. The first-order valence-electron chi connectivity index (χ1n) is 5.79. The number of hydrogen-bond acceptors (Lipinski definition) is 6. The fraction of sp³-hybridized carbons (Fsp3) is 0.462. The van der Waals surface area contributed by atoms with E-state index in [1.54, 1.807) is 13.0 Å². The summed E-state index contributed by atoms with van der Waals surface area (Å²) in [6.45, 7) is 1.75. The van der Waals surface area contributed by atoms with Gasteiger partial charge >= 0.3 is 5.97 Å². The van der Waals surface area contributed by atoms with Crippen LogP contribution in [-0.4, -0.2) is 43.1 Å². The Hall–Kier alpha value is -1.79. The Morgan fingerprint density at radius 2 is 1.68 bits per heavy atom. The molecule has 0 fully saturated rings. The maximum Gasteiger partial charge on any atom is 0.338 e. The van der Waals surface area contributed by atoms with Gasteiger partial charge in [-0.05, 0) is 24.6 Å². The number of rotatable bonds is 6. The molecule has 0 saturated heterocycles. The van der Waals surface area contributed by atoms with Crippen molar-refractivity contribution >= 4 is 5.97 Å². The summed E-state index contributed by atoms with van der Waals surface area (Å²) in [4.78, 5) is 11.4. The van der Waals surface area contributed by atoms with E-state index in [1.807, 2.05) is 0 Å². The van der Waals surface area contributed by atoms with Gasteiger partial charge in [0.25, 0.3) is 0 Å². The van der Waals surface area contributed by atoms with Gasteiger partial charge in [-0.15, -0.1) is 0 Å².